The van der Waals surface area contributed by atoms with Crippen molar-refractivity contribution in [1.82, 2.24) is 6.15 Å². The molecule has 0 atom stereocenters. The van der Waals surface area contributed by atoms with Crippen molar-refractivity contribution in [3.63, 3.8) is 0 Å². The van der Waals surface area contributed by atoms with Crippen molar-refractivity contribution in [2.45, 2.75) is 0 Å². The lowest BCUT2D eigenvalue weighted by Crippen LogP contribution is -1.91. The minimum atomic E-state index is -5.17. The van der Waals surface area contributed by atoms with E-state index < -0.39 is 10.4 Å². The average Bonchev–Trinajstić information content (AvgIpc) is 2.16. The molecular formula is C10H12NO4S-. The highest BCUT2D eigenvalue weighted by atomic mass is 32.3. The summed E-state index contributed by atoms with van der Waals surface area (Å²) in [6.07, 6.45) is 0. The summed E-state index contributed by atoms with van der Waals surface area (Å²) in [5, 5.41) is 2.62. The van der Waals surface area contributed by atoms with E-state index in [1.165, 1.54) is 10.8 Å². The highest BCUT2D eigenvalue weighted by Gasteiger charge is 1.85. The molecule has 6 heteroatoms. The molecule has 0 spiro atoms. The Hall–Kier alpha value is -1.47. The lowest BCUT2D eigenvalue weighted by Gasteiger charge is -2.06. The molecule has 16 heavy (non-hydrogen) atoms. The lowest BCUT2D eigenvalue weighted by atomic mass is 10.1. The maximum absolute atomic E-state index is 8.52. The molecule has 2 aromatic rings. The van der Waals surface area contributed by atoms with Gasteiger partial charge in [-0.25, -0.2) is 0 Å². The molecule has 4 N–H and O–H groups in total. The van der Waals surface area contributed by atoms with Crippen LogP contribution in [0.5, 0.6) is 0 Å². The van der Waals surface area contributed by atoms with Gasteiger partial charge in [0.1, 0.15) is 0 Å². The molecule has 2 rings (SSSR count). The van der Waals surface area contributed by atoms with Gasteiger partial charge in [-0.15, -0.1) is 0 Å². The second-order valence-electron chi connectivity index (χ2n) is 2.76. The van der Waals surface area contributed by atoms with Gasteiger partial charge in [0.2, 0.25) is 0 Å². The van der Waals surface area contributed by atoms with Crippen molar-refractivity contribution in [3.05, 3.63) is 48.5 Å². The predicted molar refractivity (Wildman–Crippen MR) is 60.4 cm³/mol. The highest BCUT2D eigenvalue weighted by Crippen LogP contribution is 2.11. The number of hydrogen-bond acceptors (Lipinski definition) is 4. The predicted octanol–water partition coefficient (Wildman–Crippen LogP) is 1.88. The summed E-state index contributed by atoms with van der Waals surface area (Å²) < 4.78 is 34.1. The molecular weight excluding hydrogens is 230 g/mol. The van der Waals surface area contributed by atoms with Crippen LogP contribution in [0.4, 0.5) is 0 Å². The van der Waals surface area contributed by atoms with Crippen LogP contribution in [0.25, 0.3) is 10.8 Å². The normalized spacial score (nSPS) is 9.88. The fraction of sp³-hybridized carbons (Fsp3) is 0. The summed E-state index contributed by atoms with van der Waals surface area (Å²) in [7, 11) is -5.17. The Morgan fingerprint density at radius 3 is 1.12 bits per heavy atom. The summed E-state index contributed by atoms with van der Waals surface area (Å²) in [5.41, 5.74) is 0. The van der Waals surface area contributed by atoms with Gasteiger partial charge >= 0.3 is 0 Å². The van der Waals surface area contributed by atoms with Crippen LogP contribution < -0.4 is 6.15 Å². The van der Waals surface area contributed by atoms with Gasteiger partial charge < -0.3 is 15.3 Å². The maximum atomic E-state index is 8.52. The minimum Gasteiger partial charge on any atom is -0.759 e. The van der Waals surface area contributed by atoms with E-state index >= 15 is 0 Å². The molecule has 0 aromatic heterocycles. The van der Waals surface area contributed by atoms with Crippen LogP contribution in [0.15, 0.2) is 48.5 Å². The van der Waals surface area contributed by atoms with Crippen LogP contribution in [0.3, 0.4) is 0 Å². The van der Waals surface area contributed by atoms with Crippen molar-refractivity contribution in [2.24, 2.45) is 0 Å². The van der Waals surface area contributed by atoms with Gasteiger partial charge in [0.15, 0.2) is 0 Å². The number of fused-ring (bicyclic) bond motifs is 1. The first-order valence-electron chi connectivity index (χ1n) is 4.07. The molecule has 0 fully saturated rings. The zero-order chi connectivity index (χ0) is 11.3. The summed E-state index contributed by atoms with van der Waals surface area (Å²) in [6, 6.07) is 16.7. The second kappa shape index (κ2) is 6.19. The molecule has 0 aliphatic rings. The van der Waals surface area contributed by atoms with E-state index in [0.29, 0.717) is 0 Å². The van der Waals surface area contributed by atoms with E-state index in [1.54, 1.807) is 0 Å². The highest BCUT2D eigenvalue weighted by molar-refractivity contribution is 7.79. The fourth-order valence-electron chi connectivity index (χ4n) is 1.13. The Morgan fingerprint density at radius 1 is 0.750 bits per heavy atom. The van der Waals surface area contributed by atoms with Gasteiger partial charge in [0.05, 0.1) is 0 Å². The quantitative estimate of drug-likeness (QED) is 0.560. The van der Waals surface area contributed by atoms with Crippen molar-refractivity contribution in [3.8, 4) is 0 Å². The van der Waals surface area contributed by atoms with Crippen molar-refractivity contribution < 1.29 is 17.5 Å². The van der Waals surface area contributed by atoms with Crippen LogP contribution in [0.2, 0.25) is 0 Å². The van der Waals surface area contributed by atoms with Gasteiger partial charge in [0.25, 0.3) is 0 Å². The third kappa shape index (κ3) is 6.10. The van der Waals surface area contributed by atoms with E-state index in [9.17, 15) is 0 Å². The molecule has 0 aliphatic carbocycles. The largest absolute Gasteiger partial charge is 0.759 e. The third-order valence-corrected chi connectivity index (χ3v) is 1.66. The first-order valence-corrected chi connectivity index (χ1v) is 5.40. The first kappa shape index (κ1) is 14.5. The number of quaternary nitrogens is 1. The Kier molecular flexibility index (Phi) is 5.62. The smallest absolute Gasteiger partial charge is 0.0311 e. The SMILES string of the molecule is O=S(=O)([O-])[O-].[NH4+].c1ccc2ccccc2c1. The van der Waals surface area contributed by atoms with Crippen LogP contribution in [0.1, 0.15) is 0 Å². The molecule has 0 saturated carbocycles. The van der Waals surface area contributed by atoms with E-state index in [1.807, 2.05) is 0 Å². The molecule has 0 saturated heterocycles. The minimum absolute atomic E-state index is 0. The maximum Gasteiger partial charge on any atom is 0.0311 e. The monoisotopic (exact) mass is 242 g/mol. The van der Waals surface area contributed by atoms with E-state index in [-0.39, 0.29) is 6.15 Å². The molecule has 0 amide bonds. The summed E-state index contributed by atoms with van der Waals surface area (Å²) >= 11 is 0. The van der Waals surface area contributed by atoms with E-state index in [2.05, 4.69) is 48.5 Å². The first-order chi connectivity index (χ1) is 6.97. The Bertz CT molecular complexity index is 466. The average molecular weight is 242 g/mol. The van der Waals surface area contributed by atoms with Crippen LogP contribution in [-0.2, 0) is 10.4 Å². The molecule has 5 nitrogen and oxygen atoms in total. The number of rotatable bonds is 0. The van der Waals surface area contributed by atoms with Crippen LogP contribution >= 0.6 is 0 Å². The summed E-state index contributed by atoms with van der Waals surface area (Å²) in [4.78, 5) is 0. The zero-order valence-corrected chi connectivity index (χ0v) is 9.48. The third-order valence-electron chi connectivity index (χ3n) is 1.66. The van der Waals surface area contributed by atoms with Crippen molar-refractivity contribution >= 4 is 21.2 Å². The molecule has 88 valence electrons. The summed E-state index contributed by atoms with van der Waals surface area (Å²) in [5.74, 6) is 0. The van der Waals surface area contributed by atoms with E-state index in [0.717, 1.165) is 0 Å². The second-order valence-corrected chi connectivity index (χ2v) is 3.57. The van der Waals surface area contributed by atoms with Crippen LogP contribution in [-0.4, -0.2) is 17.5 Å². The molecule has 0 aliphatic heterocycles. The number of hydrogen-bond donors (Lipinski definition) is 1. The molecule has 0 unspecified atom stereocenters. The Balaban J connectivity index is 0.000000330. The van der Waals surface area contributed by atoms with Gasteiger partial charge in [-0.2, -0.15) is 0 Å². The van der Waals surface area contributed by atoms with Gasteiger partial charge in [-0.05, 0) is 10.8 Å². The molecule has 0 radical (unpaired) electrons. The van der Waals surface area contributed by atoms with Gasteiger partial charge in [0, 0.05) is 10.4 Å². The number of benzene rings is 2. The Morgan fingerprint density at radius 2 is 0.938 bits per heavy atom. The molecule has 2 aromatic carbocycles. The van der Waals surface area contributed by atoms with Gasteiger partial charge in [-0.3, -0.25) is 8.42 Å². The van der Waals surface area contributed by atoms with Crippen molar-refractivity contribution in [1.29, 1.82) is 0 Å². The fourth-order valence-corrected chi connectivity index (χ4v) is 1.13. The van der Waals surface area contributed by atoms with Crippen LogP contribution in [0, 0.1) is 0 Å². The summed E-state index contributed by atoms with van der Waals surface area (Å²) in [6.45, 7) is 0. The molecule has 0 bridgehead atoms. The lowest BCUT2D eigenvalue weighted by molar-refractivity contribution is 0.352. The topological polar surface area (TPSA) is 117 Å². The van der Waals surface area contributed by atoms with E-state index in [4.69, 9.17) is 17.5 Å². The molecule has 0 heterocycles. The van der Waals surface area contributed by atoms with Gasteiger partial charge in [-0.1, -0.05) is 48.5 Å². The van der Waals surface area contributed by atoms with Crippen molar-refractivity contribution in [2.75, 3.05) is 0 Å². The Labute approximate surface area is 93.9 Å². The zero-order valence-electron chi connectivity index (χ0n) is 8.66. The standard InChI is InChI=1S/C10H8.H3N.H2O4S/c1-2-6-10-8-4-3-7-9(10)5-1;;1-5(2,3)4/h1-8H;1H3;(H2,1,2,3,4)/p-1.